The number of rotatable bonds is 7. The molecule has 192 valence electrons. The van der Waals surface area contributed by atoms with Gasteiger partial charge in [-0.3, -0.25) is 18.9 Å². The highest BCUT2D eigenvalue weighted by atomic mass is 32.2. The van der Waals surface area contributed by atoms with Crippen LogP contribution >= 0.6 is 24.0 Å². The maximum atomic E-state index is 13.6. The molecule has 3 aromatic rings. The van der Waals surface area contributed by atoms with Crippen molar-refractivity contribution in [1.29, 1.82) is 0 Å². The SMILES string of the molecule is CCCCN1C(=O)/C(=C/c2c(N3CCN(c4ccc(OC)cc4)CC3)nc3ccccn3c2=O)SC1=S. The molecule has 10 heteroatoms. The van der Waals surface area contributed by atoms with E-state index in [1.165, 1.54) is 16.2 Å². The third-order valence-corrected chi connectivity index (χ3v) is 8.03. The second-order valence-corrected chi connectivity index (χ2v) is 10.6. The number of aromatic nitrogens is 2. The Morgan fingerprint density at radius 2 is 1.78 bits per heavy atom. The van der Waals surface area contributed by atoms with Gasteiger partial charge in [0.25, 0.3) is 11.5 Å². The van der Waals surface area contributed by atoms with Gasteiger partial charge in [-0.2, -0.15) is 0 Å². The molecule has 1 aromatic carbocycles. The van der Waals surface area contributed by atoms with E-state index in [1.807, 2.05) is 24.3 Å². The minimum Gasteiger partial charge on any atom is -0.497 e. The van der Waals surface area contributed by atoms with Crippen LogP contribution in [0.5, 0.6) is 5.75 Å². The molecule has 0 atom stereocenters. The highest BCUT2D eigenvalue weighted by molar-refractivity contribution is 8.26. The molecule has 2 aliphatic rings. The number of unbranched alkanes of at least 4 members (excludes halogenated alkanes) is 1. The number of ether oxygens (including phenoxy) is 1. The number of anilines is 2. The lowest BCUT2D eigenvalue weighted by Gasteiger charge is -2.37. The average Bonchev–Trinajstić information content (AvgIpc) is 3.20. The number of thioether (sulfide) groups is 1. The van der Waals surface area contributed by atoms with Gasteiger partial charge in [0.15, 0.2) is 0 Å². The number of methoxy groups -OCH3 is 1. The minimum atomic E-state index is -0.197. The first kappa shape index (κ1) is 25.3. The van der Waals surface area contributed by atoms with Crippen molar-refractivity contribution in [1.82, 2.24) is 14.3 Å². The van der Waals surface area contributed by atoms with Crippen molar-refractivity contribution in [3.8, 4) is 5.75 Å². The Balaban J connectivity index is 1.47. The highest BCUT2D eigenvalue weighted by Gasteiger charge is 2.32. The fourth-order valence-corrected chi connectivity index (χ4v) is 5.86. The van der Waals surface area contributed by atoms with Gasteiger partial charge in [-0.15, -0.1) is 0 Å². The second kappa shape index (κ2) is 10.9. The van der Waals surface area contributed by atoms with Crippen molar-refractivity contribution < 1.29 is 9.53 Å². The number of carbonyl (C=O) groups excluding carboxylic acids is 1. The molecular weight excluding hydrogens is 506 g/mol. The molecule has 2 fully saturated rings. The number of benzene rings is 1. The Morgan fingerprint density at radius 3 is 2.49 bits per heavy atom. The number of pyridine rings is 1. The fourth-order valence-electron chi connectivity index (χ4n) is 4.57. The number of carbonyl (C=O) groups is 1. The van der Waals surface area contributed by atoms with Crippen molar-refractivity contribution in [2.45, 2.75) is 19.8 Å². The zero-order valence-electron chi connectivity index (χ0n) is 20.9. The first-order valence-electron chi connectivity index (χ1n) is 12.4. The van der Waals surface area contributed by atoms with Crippen LogP contribution in [0, 0.1) is 0 Å². The molecule has 2 aliphatic heterocycles. The lowest BCUT2D eigenvalue weighted by atomic mass is 10.2. The van der Waals surface area contributed by atoms with E-state index < -0.39 is 0 Å². The number of hydrogen-bond acceptors (Lipinski definition) is 8. The number of amides is 1. The molecule has 0 bridgehead atoms. The fraction of sp³-hybridized carbons (Fsp3) is 0.333. The molecule has 5 rings (SSSR count). The Hall–Kier alpha value is -3.37. The summed E-state index contributed by atoms with van der Waals surface area (Å²) in [6.07, 6.45) is 5.24. The monoisotopic (exact) mass is 535 g/mol. The van der Waals surface area contributed by atoms with E-state index in [0.29, 0.717) is 45.9 Å². The minimum absolute atomic E-state index is 0.142. The molecule has 2 saturated heterocycles. The van der Waals surface area contributed by atoms with Crippen LogP contribution in [0.4, 0.5) is 11.5 Å². The van der Waals surface area contributed by atoms with Crippen LogP contribution in [-0.4, -0.2) is 64.3 Å². The Kier molecular flexibility index (Phi) is 7.48. The average molecular weight is 536 g/mol. The van der Waals surface area contributed by atoms with Gasteiger partial charge in [-0.05, 0) is 48.9 Å². The van der Waals surface area contributed by atoms with Gasteiger partial charge in [0.1, 0.15) is 21.5 Å². The zero-order chi connectivity index (χ0) is 25.9. The van der Waals surface area contributed by atoms with E-state index in [0.717, 1.165) is 37.4 Å². The standard InChI is InChI=1S/C27H29N5O3S2/c1-3-4-12-32-26(34)22(37-27(32)36)18-21-24(28-23-7-5-6-13-31(23)25(21)33)30-16-14-29(15-17-30)19-8-10-20(35-2)11-9-19/h5-11,13,18H,3-4,12,14-17H2,1-2H3/b22-18-. The lowest BCUT2D eigenvalue weighted by Crippen LogP contribution is -2.47. The maximum absolute atomic E-state index is 13.6. The van der Waals surface area contributed by atoms with E-state index in [1.54, 1.807) is 30.3 Å². The molecular formula is C27H29N5O3S2. The quantitative estimate of drug-likeness (QED) is 0.332. The Labute approximate surface area is 225 Å². The van der Waals surface area contributed by atoms with Gasteiger partial charge in [-0.1, -0.05) is 43.4 Å². The number of thiocarbonyl (C=S) groups is 1. The first-order chi connectivity index (χ1) is 18.0. The molecule has 0 saturated carbocycles. The maximum Gasteiger partial charge on any atom is 0.267 e. The highest BCUT2D eigenvalue weighted by Crippen LogP contribution is 2.34. The number of hydrogen-bond donors (Lipinski definition) is 0. The largest absolute Gasteiger partial charge is 0.497 e. The summed E-state index contributed by atoms with van der Waals surface area (Å²) in [6, 6.07) is 13.5. The van der Waals surface area contributed by atoms with Crippen LogP contribution in [-0.2, 0) is 4.79 Å². The van der Waals surface area contributed by atoms with Crippen molar-refractivity contribution in [2.24, 2.45) is 0 Å². The molecule has 0 unspecified atom stereocenters. The first-order valence-corrected chi connectivity index (χ1v) is 13.6. The smallest absolute Gasteiger partial charge is 0.267 e. The topological polar surface area (TPSA) is 70.4 Å². The molecule has 2 aromatic heterocycles. The van der Waals surface area contributed by atoms with Crippen LogP contribution in [0.1, 0.15) is 25.3 Å². The van der Waals surface area contributed by atoms with Crippen LogP contribution in [0.2, 0.25) is 0 Å². The summed E-state index contributed by atoms with van der Waals surface area (Å²) in [5.74, 6) is 1.29. The third-order valence-electron chi connectivity index (χ3n) is 6.65. The molecule has 0 aliphatic carbocycles. The molecule has 0 radical (unpaired) electrons. The van der Waals surface area contributed by atoms with Gasteiger partial charge in [0.05, 0.1) is 17.6 Å². The van der Waals surface area contributed by atoms with Gasteiger partial charge in [0.2, 0.25) is 0 Å². The van der Waals surface area contributed by atoms with E-state index in [2.05, 4.69) is 28.9 Å². The molecule has 8 nitrogen and oxygen atoms in total. The number of fused-ring (bicyclic) bond motifs is 1. The van der Waals surface area contributed by atoms with E-state index in [4.69, 9.17) is 21.9 Å². The summed E-state index contributed by atoms with van der Waals surface area (Å²) in [7, 11) is 1.66. The normalized spacial score (nSPS) is 17.4. The van der Waals surface area contributed by atoms with Crippen molar-refractivity contribution in [3.05, 3.63) is 69.5 Å². The lowest BCUT2D eigenvalue weighted by molar-refractivity contribution is -0.122. The number of nitrogens with zero attached hydrogens (tertiary/aromatic N) is 5. The summed E-state index contributed by atoms with van der Waals surface area (Å²) in [5, 5.41) is 0. The molecule has 37 heavy (non-hydrogen) atoms. The van der Waals surface area contributed by atoms with Gasteiger partial charge in [0, 0.05) is 44.6 Å². The van der Waals surface area contributed by atoms with Gasteiger partial charge in [-0.25, -0.2) is 4.98 Å². The third kappa shape index (κ3) is 5.08. The van der Waals surface area contributed by atoms with E-state index in [9.17, 15) is 9.59 Å². The van der Waals surface area contributed by atoms with Crippen molar-refractivity contribution in [2.75, 3.05) is 49.6 Å². The van der Waals surface area contributed by atoms with Crippen molar-refractivity contribution in [3.63, 3.8) is 0 Å². The number of piperazine rings is 1. The predicted octanol–water partition coefficient (Wildman–Crippen LogP) is 4.03. The van der Waals surface area contributed by atoms with Crippen molar-refractivity contribution >= 4 is 57.4 Å². The summed E-state index contributed by atoms with van der Waals surface area (Å²) in [4.78, 5) is 38.2. The van der Waals surface area contributed by atoms with Crippen LogP contribution < -0.4 is 20.1 Å². The zero-order valence-corrected chi connectivity index (χ0v) is 22.6. The predicted molar refractivity (Wildman–Crippen MR) is 154 cm³/mol. The summed E-state index contributed by atoms with van der Waals surface area (Å²) < 4.78 is 7.34. The Bertz CT molecular complexity index is 1410. The second-order valence-electron chi connectivity index (χ2n) is 8.94. The van der Waals surface area contributed by atoms with Gasteiger partial charge >= 0.3 is 0 Å². The summed E-state index contributed by atoms with van der Waals surface area (Å²) >= 11 is 6.72. The Morgan fingerprint density at radius 1 is 1.05 bits per heavy atom. The summed E-state index contributed by atoms with van der Waals surface area (Å²) in [6.45, 7) is 5.62. The molecule has 4 heterocycles. The molecule has 1 amide bonds. The van der Waals surface area contributed by atoms with Crippen LogP contribution in [0.3, 0.4) is 0 Å². The summed E-state index contributed by atoms with van der Waals surface area (Å²) in [5.41, 5.74) is 1.92. The van der Waals surface area contributed by atoms with E-state index >= 15 is 0 Å². The molecule has 0 spiro atoms. The van der Waals surface area contributed by atoms with Crippen LogP contribution in [0.25, 0.3) is 11.7 Å². The van der Waals surface area contributed by atoms with Crippen LogP contribution in [0.15, 0.2) is 58.4 Å². The van der Waals surface area contributed by atoms with E-state index in [-0.39, 0.29) is 11.5 Å². The van der Waals surface area contributed by atoms with Gasteiger partial charge < -0.3 is 14.5 Å². The molecule has 0 N–H and O–H groups in total.